The fraction of sp³-hybridized carbons (Fsp3) is 0.0952. The monoisotopic (exact) mass is 379 g/mol. The summed E-state index contributed by atoms with van der Waals surface area (Å²) in [5.74, 6) is -0.849. The van der Waals surface area contributed by atoms with E-state index in [0.29, 0.717) is 22.6 Å². The number of halogens is 1. The van der Waals surface area contributed by atoms with Gasteiger partial charge < -0.3 is 9.88 Å². The number of carbonyl (C=O) groups is 2. The maximum atomic E-state index is 12.2. The Labute approximate surface area is 162 Å². The molecule has 0 fully saturated rings. The van der Waals surface area contributed by atoms with Gasteiger partial charge in [-0.1, -0.05) is 60.1 Å². The number of nitrogens with zero attached hydrogens (tertiary/aromatic N) is 2. The second-order valence-corrected chi connectivity index (χ2v) is 6.25. The van der Waals surface area contributed by atoms with E-state index in [-0.39, 0.29) is 6.54 Å². The Bertz CT molecular complexity index is 1010. The predicted octanol–water partition coefficient (Wildman–Crippen LogP) is 3.05. The highest BCUT2D eigenvalue weighted by molar-refractivity contribution is 6.33. The number of rotatable bonds is 5. The molecule has 27 heavy (non-hydrogen) atoms. The number of hydrogen-bond acceptors (Lipinski definition) is 2. The van der Waals surface area contributed by atoms with Crippen molar-refractivity contribution < 1.29 is 9.59 Å². The van der Waals surface area contributed by atoms with Crippen LogP contribution in [0.1, 0.15) is 15.9 Å². The van der Waals surface area contributed by atoms with Gasteiger partial charge in [-0.3, -0.25) is 9.59 Å². The van der Waals surface area contributed by atoms with Gasteiger partial charge in [0.1, 0.15) is 5.49 Å². The smallest absolute Gasteiger partial charge is 0.267 e. The zero-order chi connectivity index (χ0) is 19.1. The summed E-state index contributed by atoms with van der Waals surface area (Å²) in [6, 6.07) is 22.0. The summed E-state index contributed by atoms with van der Waals surface area (Å²) in [6.07, 6.45) is 1.86. The largest absolute Gasteiger partial charge is 0.343 e. The molecule has 0 aliphatic heterocycles. The van der Waals surface area contributed by atoms with Gasteiger partial charge in [0, 0.05) is 12.7 Å². The number of nitrogens with one attached hydrogen (secondary N) is 1. The molecule has 0 saturated carbocycles. The highest BCUT2D eigenvalue weighted by Crippen LogP contribution is 2.14. The van der Waals surface area contributed by atoms with Crippen molar-refractivity contribution in [3.63, 3.8) is 0 Å². The molecule has 2 amide bonds. The Morgan fingerprint density at radius 1 is 0.926 bits per heavy atom. The second-order valence-electron chi connectivity index (χ2n) is 5.84. The average Bonchev–Trinajstić information content (AvgIpc) is 2.69. The highest BCUT2D eigenvalue weighted by Gasteiger charge is 2.10. The molecule has 1 aromatic heterocycles. The van der Waals surface area contributed by atoms with Crippen LogP contribution in [0.2, 0.25) is 5.02 Å². The first kappa shape index (κ1) is 18.6. The van der Waals surface area contributed by atoms with E-state index in [9.17, 15) is 9.59 Å². The van der Waals surface area contributed by atoms with E-state index in [4.69, 9.17) is 11.6 Å². The van der Waals surface area contributed by atoms with Crippen LogP contribution in [-0.4, -0.2) is 22.9 Å². The zero-order valence-electron chi connectivity index (χ0n) is 14.5. The highest BCUT2D eigenvalue weighted by atomic mass is 35.5. The van der Waals surface area contributed by atoms with E-state index < -0.39 is 11.8 Å². The van der Waals surface area contributed by atoms with Crippen LogP contribution in [0.3, 0.4) is 0 Å². The van der Waals surface area contributed by atoms with Crippen LogP contribution >= 0.6 is 11.6 Å². The quantitative estimate of drug-likeness (QED) is 0.740. The lowest BCUT2D eigenvalue weighted by atomic mass is 10.2. The molecule has 0 radical (unpaired) electrons. The molecule has 0 aliphatic rings. The Hall–Kier alpha value is -3.18. The topological polar surface area (TPSA) is 63.5 Å². The number of amides is 2. The molecule has 3 rings (SSSR count). The van der Waals surface area contributed by atoms with Crippen LogP contribution in [0.15, 0.2) is 84.0 Å². The number of carbonyl (C=O) groups excluding carboxylic acids is 2. The van der Waals surface area contributed by atoms with Crippen molar-refractivity contribution >= 4 is 23.4 Å². The number of pyridine rings is 1. The molecular formula is C21H18ClN3O2. The van der Waals surface area contributed by atoms with Crippen molar-refractivity contribution in [1.82, 2.24) is 9.88 Å². The van der Waals surface area contributed by atoms with Crippen LogP contribution < -0.4 is 10.8 Å². The van der Waals surface area contributed by atoms with Gasteiger partial charge in [-0.2, -0.15) is 4.99 Å². The van der Waals surface area contributed by atoms with Gasteiger partial charge in [-0.25, -0.2) is 0 Å². The van der Waals surface area contributed by atoms with Crippen LogP contribution in [0.4, 0.5) is 0 Å². The molecule has 2 aromatic carbocycles. The van der Waals surface area contributed by atoms with E-state index in [1.165, 1.54) is 0 Å². The molecule has 0 unspecified atom stereocenters. The van der Waals surface area contributed by atoms with E-state index in [0.717, 1.165) is 5.56 Å². The van der Waals surface area contributed by atoms with Crippen molar-refractivity contribution in [2.24, 2.45) is 4.99 Å². The van der Waals surface area contributed by atoms with Crippen LogP contribution in [0.25, 0.3) is 0 Å². The Morgan fingerprint density at radius 3 is 2.41 bits per heavy atom. The lowest BCUT2D eigenvalue weighted by molar-refractivity contribution is -0.117. The van der Waals surface area contributed by atoms with Gasteiger partial charge in [0.2, 0.25) is 0 Å². The van der Waals surface area contributed by atoms with Crippen molar-refractivity contribution in [3.8, 4) is 0 Å². The standard InChI is InChI=1S/C21H18ClN3O2/c22-18-11-5-4-10-17(18)21(27)23-14-20(26)24-19-12-6-7-13-25(19)15-16-8-2-1-3-9-16/h1-13H,14-15H2,(H,23,27). The fourth-order valence-electron chi connectivity index (χ4n) is 2.55. The SMILES string of the molecule is O=C(CNC(=O)c1ccccc1Cl)N=c1ccccn1Cc1ccccc1. The molecule has 0 atom stereocenters. The third-order valence-corrected chi connectivity index (χ3v) is 4.20. The summed E-state index contributed by atoms with van der Waals surface area (Å²) in [5, 5.41) is 2.89. The van der Waals surface area contributed by atoms with Crippen molar-refractivity contribution in [1.29, 1.82) is 0 Å². The van der Waals surface area contributed by atoms with Crippen molar-refractivity contribution in [2.75, 3.05) is 6.54 Å². The number of aromatic nitrogens is 1. The average molecular weight is 380 g/mol. The first-order valence-electron chi connectivity index (χ1n) is 8.43. The maximum Gasteiger partial charge on any atom is 0.267 e. The Balaban J connectivity index is 1.70. The summed E-state index contributed by atoms with van der Waals surface area (Å²) < 4.78 is 1.88. The molecule has 0 aliphatic carbocycles. The number of hydrogen-bond donors (Lipinski definition) is 1. The molecule has 3 aromatic rings. The van der Waals surface area contributed by atoms with Gasteiger partial charge >= 0.3 is 0 Å². The Kier molecular flexibility index (Phi) is 6.18. The van der Waals surface area contributed by atoms with E-state index >= 15 is 0 Å². The summed E-state index contributed by atoms with van der Waals surface area (Å²) >= 11 is 5.99. The lowest BCUT2D eigenvalue weighted by Crippen LogP contribution is -2.31. The van der Waals surface area contributed by atoms with Crippen LogP contribution in [-0.2, 0) is 11.3 Å². The van der Waals surface area contributed by atoms with Gasteiger partial charge in [0.05, 0.1) is 17.1 Å². The van der Waals surface area contributed by atoms with Gasteiger partial charge in [-0.15, -0.1) is 0 Å². The first-order chi connectivity index (χ1) is 13.1. The minimum atomic E-state index is -0.441. The Morgan fingerprint density at radius 2 is 1.63 bits per heavy atom. The maximum absolute atomic E-state index is 12.2. The van der Waals surface area contributed by atoms with E-state index in [2.05, 4.69) is 10.3 Å². The predicted molar refractivity (Wildman–Crippen MR) is 104 cm³/mol. The number of benzene rings is 2. The van der Waals surface area contributed by atoms with E-state index in [1.54, 1.807) is 30.3 Å². The molecule has 1 heterocycles. The summed E-state index contributed by atoms with van der Waals surface area (Å²) in [5.41, 5.74) is 1.95. The summed E-state index contributed by atoms with van der Waals surface area (Å²) in [4.78, 5) is 28.5. The molecule has 6 heteroatoms. The van der Waals surface area contributed by atoms with E-state index in [1.807, 2.05) is 53.2 Å². The van der Waals surface area contributed by atoms with Gasteiger partial charge in [0.25, 0.3) is 11.8 Å². The molecule has 1 N–H and O–H groups in total. The van der Waals surface area contributed by atoms with Crippen molar-refractivity contribution in [3.05, 3.63) is 101 Å². The summed E-state index contributed by atoms with van der Waals surface area (Å²) in [7, 11) is 0. The van der Waals surface area contributed by atoms with Crippen molar-refractivity contribution in [2.45, 2.75) is 6.54 Å². The first-order valence-corrected chi connectivity index (χ1v) is 8.81. The third-order valence-electron chi connectivity index (χ3n) is 3.87. The second kappa shape index (κ2) is 8.96. The fourth-order valence-corrected chi connectivity index (χ4v) is 2.77. The van der Waals surface area contributed by atoms with Crippen LogP contribution in [0, 0.1) is 0 Å². The zero-order valence-corrected chi connectivity index (χ0v) is 15.3. The minimum absolute atomic E-state index is 0.204. The molecule has 5 nitrogen and oxygen atoms in total. The molecule has 136 valence electrons. The van der Waals surface area contributed by atoms with Crippen LogP contribution in [0.5, 0.6) is 0 Å². The molecule has 0 bridgehead atoms. The molecule has 0 saturated heterocycles. The minimum Gasteiger partial charge on any atom is -0.343 e. The molecular weight excluding hydrogens is 362 g/mol. The normalized spacial score (nSPS) is 11.2. The lowest BCUT2D eigenvalue weighted by Gasteiger charge is -2.08. The molecule has 0 spiro atoms. The van der Waals surface area contributed by atoms with Gasteiger partial charge in [0.15, 0.2) is 0 Å². The van der Waals surface area contributed by atoms with Gasteiger partial charge in [-0.05, 0) is 29.8 Å². The third kappa shape index (κ3) is 5.15. The summed E-state index contributed by atoms with van der Waals surface area (Å²) in [6.45, 7) is 0.393.